The highest BCUT2D eigenvalue weighted by atomic mass is 16.5. The number of rotatable bonds is 3. The zero-order chi connectivity index (χ0) is 13.3. The molecule has 3 fully saturated rings. The second-order valence-corrected chi connectivity index (χ2v) is 6.75. The minimum atomic E-state index is 0.169. The van der Waals surface area contributed by atoms with E-state index in [-0.39, 0.29) is 5.60 Å². The lowest BCUT2D eigenvalue weighted by Crippen LogP contribution is -2.53. The molecule has 1 saturated carbocycles. The summed E-state index contributed by atoms with van der Waals surface area (Å²) in [6, 6.07) is 0.298. The largest absolute Gasteiger partial charge is 0.375 e. The van der Waals surface area contributed by atoms with Gasteiger partial charge in [0.2, 0.25) is 0 Å². The van der Waals surface area contributed by atoms with Gasteiger partial charge in [0, 0.05) is 6.61 Å². The van der Waals surface area contributed by atoms with Crippen molar-refractivity contribution in [3.8, 4) is 0 Å². The Bertz CT molecular complexity index is 305. The summed E-state index contributed by atoms with van der Waals surface area (Å²) in [5.41, 5.74) is 3.23. The van der Waals surface area contributed by atoms with Gasteiger partial charge in [-0.3, -0.25) is 11.3 Å². The monoisotopic (exact) mass is 268 g/mol. The lowest BCUT2D eigenvalue weighted by atomic mass is 9.79. The predicted molar refractivity (Wildman–Crippen MR) is 74.6 cm³/mol. The Balaban J connectivity index is 1.65. The maximum absolute atomic E-state index is 6.13. The molecule has 2 aliphatic heterocycles. The van der Waals surface area contributed by atoms with Crippen molar-refractivity contribution in [2.24, 2.45) is 11.8 Å². The van der Waals surface area contributed by atoms with Crippen LogP contribution in [-0.4, -0.2) is 30.5 Å². The fraction of sp³-hybridized carbons (Fsp3) is 1.00. The summed E-state index contributed by atoms with van der Waals surface area (Å²) in [6.07, 6.45) is 10.4. The number of hydrazine groups is 1. The van der Waals surface area contributed by atoms with E-state index in [1.54, 1.807) is 0 Å². The second-order valence-electron chi connectivity index (χ2n) is 6.75. The van der Waals surface area contributed by atoms with Crippen LogP contribution in [0.5, 0.6) is 0 Å². The number of nitrogens with two attached hydrogens (primary N) is 1. The third kappa shape index (κ3) is 2.82. The Morgan fingerprint density at radius 1 is 1.21 bits per heavy atom. The van der Waals surface area contributed by atoms with Crippen LogP contribution in [0, 0.1) is 5.92 Å². The van der Waals surface area contributed by atoms with E-state index < -0.39 is 0 Å². The molecule has 1 spiro atoms. The fourth-order valence-corrected chi connectivity index (χ4v) is 4.38. The Hall–Kier alpha value is -0.160. The zero-order valence-corrected chi connectivity index (χ0v) is 12.1. The molecule has 4 heteroatoms. The van der Waals surface area contributed by atoms with E-state index in [0.29, 0.717) is 24.2 Å². The molecule has 4 atom stereocenters. The molecule has 19 heavy (non-hydrogen) atoms. The second kappa shape index (κ2) is 5.68. The zero-order valence-electron chi connectivity index (χ0n) is 12.1. The van der Waals surface area contributed by atoms with Crippen molar-refractivity contribution in [2.75, 3.05) is 6.61 Å². The molecule has 2 saturated heterocycles. The predicted octanol–water partition coefficient (Wildman–Crippen LogP) is 2.13. The molecule has 0 aromatic carbocycles. The molecule has 4 unspecified atom stereocenters. The quantitative estimate of drug-likeness (QED) is 0.608. The van der Waals surface area contributed by atoms with Crippen LogP contribution in [0.4, 0.5) is 0 Å². The van der Waals surface area contributed by atoms with E-state index in [9.17, 15) is 0 Å². The first-order valence-electron chi connectivity index (χ1n) is 7.98. The van der Waals surface area contributed by atoms with Crippen molar-refractivity contribution in [3.05, 3.63) is 0 Å². The summed E-state index contributed by atoms with van der Waals surface area (Å²) in [7, 11) is 0. The van der Waals surface area contributed by atoms with Crippen LogP contribution in [-0.2, 0) is 9.47 Å². The van der Waals surface area contributed by atoms with E-state index in [4.69, 9.17) is 15.3 Å². The topological polar surface area (TPSA) is 56.5 Å². The Labute approximate surface area is 116 Å². The third-order valence-electron chi connectivity index (χ3n) is 5.41. The van der Waals surface area contributed by atoms with Crippen LogP contribution >= 0.6 is 0 Å². The summed E-state index contributed by atoms with van der Waals surface area (Å²) in [5, 5.41) is 0. The van der Waals surface area contributed by atoms with Gasteiger partial charge in [-0.1, -0.05) is 12.8 Å². The molecule has 0 aromatic heterocycles. The Kier molecular flexibility index (Phi) is 4.13. The number of ether oxygens (including phenoxy) is 2. The van der Waals surface area contributed by atoms with Gasteiger partial charge in [0.25, 0.3) is 0 Å². The number of nitrogens with one attached hydrogen (secondary N) is 1. The molecule has 110 valence electrons. The average Bonchev–Trinajstić information content (AvgIpc) is 3.01. The SMILES string of the molecule is CC1CCC(C(NN)C2CCOC3(CCCC3)C2)O1. The van der Waals surface area contributed by atoms with Crippen LogP contribution < -0.4 is 11.3 Å². The first-order valence-corrected chi connectivity index (χ1v) is 7.98. The normalized spacial score (nSPS) is 39.8. The van der Waals surface area contributed by atoms with Crippen LogP contribution in [0.3, 0.4) is 0 Å². The van der Waals surface area contributed by atoms with Crippen molar-refractivity contribution >= 4 is 0 Å². The molecule has 1 aliphatic carbocycles. The van der Waals surface area contributed by atoms with Gasteiger partial charge in [-0.2, -0.15) is 0 Å². The van der Waals surface area contributed by atoms with E-state index in [2.05, 4.69) is 12.3 Å². The molecular formula is C15H28N2O2. The molecular weight excluding hydrogens is 240 g/mol. The summed E-state index contributed by atoms with van der Waals surface area (Å²) >= 11 is 0. The molecule has 3 N–H and O–H groups in total. The highest BCUT2D eigenvalue weighted by molar-refractivity contribution is 4.96. The molecule has 0 amide bonds. The van der Waals surface area contributed by atoms with Gasteiger partial charge < -0.3 is 9.47 Å². The fourth-order valence-electron chi connectivity index (χ4n) is 4.38. The van der Waals surface area contributed by atoms with Crippen LogP contribution in [0.1, 0.15) is 58.3 Å². The van der Waals surface area contributed by atoms with Gasteiger partial charge >= 0.3 is 0 Å². The molecule has 3 rings (SSSR count). The number of hydrogen-bond acceptors (Lipinski definition) is 4. The van der Waals surface area contributed by atoms with Crippen LogP contribution in [0.25, 0.3) is 0 Å². The first kappa shape index (κ1) is 13.8. The lowest BCUT2D eigenvalue weighted by Gasteiger charge is -2.42. The van der Waals surface area contributed by atoms with Gasteiger partial charge in [-0.15, -0.1) is 0 Å². The molecule has 4 nitrogen and oxygen atoms in total. The summed E-state index contributed by atoms with van der Waals surface area (Å²) in [6.45, 7) is 3.06. The first-order chi connectivity index (χ1) is 9.22. The van der Waals surface area contributed by atoms with Gasteiger partial charge in [-0.05, 0) is 51.4 Å². The average molecular weight is 268 g/mol. The van der Waals surface area contributed by atoms with Crippen LogP contribution in [0.2, 0.25) is 0 Å². The van der Waals surface area contributed by atoms with Gasteiger partial charge in [0.1, 0.15) is 0 Å². The molecule has 3 aliphatic rings. The Morgan fingerprint density at radius 2 is 2.00 bits per heavy atom. The molecule has 0 aromatic rings. The molecule has 0 bridgehead atoms. The van der Waals surface area contributed by atoms with Gasteiger partial charge in [0.05, 0.1) is 23.9 Å². The Morgan fingerprint density at radius 3 is 2.63 bits per heavy atom. The van der Waals surface area contributed by atoms with Crippen molar-refractivity contribution in [2.45, 2.75) is 82.1 Å². The van der Waals surface area contributed by atoms with E-state index in [1.165, 1.54) is 25.7 Å². The smallest absolute Gasteiger partial charge is 0.0748 e. The maximum atomic E-state index is 6.13. The lowest BCUT2D eigenvalue weighted by molar-refractivity contribution is -0.107. The minimum Gasteiger partial charge on any atom is -0.375 e. The minimum absolute atomic E-state index is 0.169. The molecule has 2 heterocycles. The highest BCUT2D eigenvalue weighted by Gasteiger charge is 2.44. The van der Waals surface area contributed by atoms with Gasteiger partial charge in [0.15, 0.2) is 0 Å². The summed E-state index contributed by atoms with van der Waals surface area (Å²) in [4.78, 5) is 0. The number of hydrogen-bond donors (Lipinski definition) is 2. The molecule has 0 radical (unpaired) electrons. The summed E-state index contributed by atoms with van der Waals surface area (Å²) in [5.74, 6) is 6.45. The van der Waals surface area contributed by atoms with Crippen molar-refractivity contribution in [3.63, 3.8) is 0 Å². The van der Waals surface area contributed by atoms with E-state index in [1.807, 2.05) is 0 Å². The van der Waals surface area contributed by atoms with Crippen molar-refractivity contribution in [1.29, 1.82) is 0 Å². The maximum Gasteiger partial charge on any atom is 0.0748 e. The third-order valence-corrected chi connectivity index (χ3v) is 5.41. The van der Waals surface area contributed by atoms with Crippen LogP contribution in [0.15, 0.2) is 0 Å². The van der Waals surface area contributed by atoms with Crippen molar-refractivity contribution in [1.82, 2.24) is 5.43 Å². The highest BCUT2D eigenvalue weighted by Crippen LogP contribution is 2.43. The van der Waals surface area contributed by atoms with E-state index in [0.717, 1.165) is 32.3 Å². The standard InChI is InChI=1S/C15H28N2O2/c1-11-4-5-13(19-11)14(17-16)12-6-9-18-15(10-12)7-2-3-8-15/h11-14,17H,2-10,16H2,1H3. The van der Waals surface area contributed by atoms with Crippen molar-refractivity contribution < 1.29 is 9.47 Å². The van der Waals surface area contributed by atoms with Gasteiger partial charge in [-0.25, -0.2) is 0 Å². The summed E-state index contributed by atoms with van der Waals surface area (Å²) < 4.78 is 12.2. The van der Waals surface area contributed by atoms with E-state index >= 15 is 0 Å².